The van der Waals surface area contributed by atoms with Gasteiger partial charge in [-0.25, -0.2) is 4.79 Å². The Bertz CT molecular complexity index is 396. The lowest BCUT2D eigenvalue weighted by molar-refractivity contribution is -0.146. The zero-order valence-electron chi connectivity index (χ0n) is 11.9. The molecule has 1 fully saturated rings. The van der Waals surface area contributed by atoms with E-state index in [2.05, 4.69) is 16.6 Å². The molecule has 0 radical (unpaired) electrons. The van der Waals surface area contributed by atoms with Gasteiger partial charge in [-0.05, 0) is 25.7 Å². The first-order chi connectivity index (χ1) is 9.47. The van der Waals surface area contributed by atoms with Crippen molar-refractivity contribution in [2.75, 3.05) is 14.2 Å². The van der Waals surface area contributed by atoms with E-state index in [4.69, 9.17) is 4.74 Å². The number of rotatable bonds is 5. The number of hydrogen-bond acceptors (Lipinski definition) is 5. The van der Waals surface area contributed by atoms with Crippen LogP contribution in [0.25, 0.3) is 0 Å². The van der Waals surface area contributed by atoms with Crippen molar-refractivity contribution in [3.8, 4) is 0 Å². The molecule has 0 spiro atoms. The second kappa shape index (κ2) is 7.67. The van der Waals surface area contributed by atoms with E-state index in [0.29, 0.717) is 12.8 Å². The van der Waals surface area contributed by atoms with Gasteiger partial charge in [0.15, 0.2) is 0 Å². The quantitative estimate of drug-likeness (QED) is 0.600. The number of carbonyl (C=O) groups is 3. The SMILES string of the molecule is C=C(CC(=O)NC1CCC(C(=O)OC)CC1)C(=O)OC. The molecule has 1 saturated carbocycles. The van der Waals surface area contributed by atoms with Gasteiger partial charge in [0.05, 0.1) is 26.6 Å². The average Bonchev–Trinajstić information content (AvgIpc) is 2.46. The normalized spacial score (nSPS) is 21.7. The molecule has 1 rings (SSSR count). The van der Waals surface area contributed by atoms with Crippen LogP contribution < -0.4 is 5.32 Å². The minimum atomic E-state index is -0.574. The van der Waals surface area contributed by atoms with Crippen LogP contribution in [-0.2, 0) is 23.9 Å². The average molecular weight is 283 g/mol. The van der Waals surface area contributed by atoms with Crippen molar-refractivity contribution < 1.29 is 23.9 Å². The molecule has 1 aliphatic rings. The van der Waals surface area contributed by atoms with Crippen molar-refractivity contribution in [1.82, 2.24) is 5.32 Å². The molecule has 0 heterocycles. The molecule has 1 amide bonds. The molecule has 0 bridgehead atoms. The molecule has 0 aromatic heterocycles. The number of methoxy groups -OCH3 is 2. The van der Waals surface area contributed by atoms with E-state index in [1.165, 1.54) is 14.2 Å². The van der Waals surface area contributed by atoms with Gasteiger partial charge in [0.2, 0.25) is 5.91 Å². The molecule has 1 N–H and O–H groups in total. The van der Waals surface area contributed by atoms with Gasteiger partial charge in [0.1, 0.15) is 0 Å². The molecule has 0 aromatic carbocycles. The number of nitrogens with one attached hydrogen (secondary N) is 1. The molecule has 6 heteroatoms. The molecule has 0 unspecified atom stereocenters. The Morgan fingerprint density at radius 2 is 1.70 bits per heavy atom. The summed E-state index contributed by atoms with van der Waals surface area (Å²) in [5.41, 5.74) is 0.133. The van der Waals surface area contributed by atoms with Crippen molar-refractivity contribution in [2.45, 2.75) is 38.1 Å². The van der Waals surface area contributed by atoms with Gasteiger partial charge in [-0.2, -0.15) is 0 Å². The van der Waals surface area contributed by atoms with Gasteiger partial charge < -0.3 is 14.8 Å². The van der Waals surface area contributed by atoms with Crippen molar-refractivity contribution in [2.24, 2.45) is 5.92 Å². The van der Waals surface area contributed by atoms with Crippen molar-refractivity contribution in [1.29, 1.82) is 0 Å². The summed E-state index contributed by atoms with van der Waals surface area (Å²) in [5.74, 6) is -1.08. The maximum Gasteiger partial charge on any atom is 0.333 e. The highest BCUT2D eigenvalue weighted by atomic mass is 16.5. The molecule has 0 aliphatic heterocycles. The standard InChI is InChI=1S/C14H21NO5/c1-9(13(17)19-2)8-12(16)15-11-6-4-10(5-7-11)14(18)20-3/h10-11H,1,4-8H2,2-3H3,(H,15,16). The van der Waals surface area contributed by atoms with E-state index < -0.39 is 5.97 Å². The zero-order chi connectivity index (χ0) is 15.1. The molecular weight excluding hydrogens is 262 g/mol. The first-order valence-electron chi connectivity index (χ1n) is 6.61. The maximum absolute atomic E-state index is 11.7. The molecular formula is C14H21NO5. The Hall–Kier alpha value is -1.85. The van der Waals surface area contributed by atoms with Crippen LogP contribution in [0.5, 0.6) is 0 Å². The predicted molar refractivity (Wildman–Crippen MR) is 71.7 cm³/mol. The summed E-state index contributed by atoms with van der Waals surface area (Å²) < 4.78 is 9.19. The van der Waals surface area contributed by atoms with Gasteiger partial charge in [-0.3, -0.25) is 9.59 Å². The van der Waals surface area contributed by atoms with E-state index >= 15 is 0 Å². The highest BCUT2D eigenvalue weighted by Gasteiger charge is 2.27. The lowest BCUT2D eigenvalue weighted by atomic mass is 9.86. The number of ether oxygens (including phenoxy) is 2. The number of carbonyl (C=O) groups excluding carboxylic acids is 3. The lowest BCUT2D eigenvalue weighted by Gasteiger charge is -2.27. The van der Waals surface area contributed by atoms with Crippen LogP contribution in [0.2, 0.25) is 0 Å². The second-order valence-electron chi connectivity index (χ2n) is 4.91. The fraction of sp³-hybridized carbons (Fsp3) is 0.643. The van der Waals surface area contributed by atoms with Gasteiger partial charge in [-0.1, -0.05) is 6.58 Å². The van der Waals surface area contributed by atoms with E-state index in [-0.39, 0.29) is 35.8 Å². The van der Waals surface area contributed by atoms with Crippen LogP contribution in [0.1, 0.15) is 32.1 Å². The first kappa shape index (κ1) is 16.2. The Morgan fingerprint density at radius 3 is 2.20 bits per heavy atom. The molecule has 1 aliphatic carbocycles. The molecule has 0 saturated heterocycles. The van der Waals surface area contributed by atoms with E-state index in [1.54, 1.807) is 0 Å². The monoisotopic (exact) mass is 283 g/mol. The van der Waals surface area contributed by atoms with Crippen molar-refractivity contribution in [3.63, 3.8) is 0 Å². The largest absolute Gasteiger partial charge is 0.469 e. The van der Waals surface area contributed by atoms with Gasteiger partial charge in [0, 0.05) is 11.6 Å². The summed E-state index contributed by atoms with van der Waals surface area (Å²) in [6, 6.07) is 0.0360. The van der Waals surface area contributed by atoms with Crippen LogP contribution in [-0.4, -0.2) is 38.1 Å². The molecule has 20 heavy (non-hydrogen) atoms. The molecule has 0 atom stereocenters. The van der Waals surface area contributed by atoms with Crippen LogP contribution in [0.15, 0.2) is 12.2 Å². The number of amides is 1. The summed E-state index contributed by atoms with van der Waals surface area (Å²) >= 11 is 0. The molecule has 112 valence electrons. The van der Waals surface area contributed by atoms with Crippen molar-refractivity contribution >= 4 is 17.8 Å². The Kier molecular flexibility index (Phi) is 6.21. The lowest BCUT2D eigenvalue weighted by Crippen LogP contribution is -2.39. The third-order valence-electron chi connectivity index (χ3n) is 3.47. The topological polar surface area (TPSA) is 81.7 Å². The van der Waals surface area contributed by atoms with Crippen LogP contribution in [0, 0.1) is 5.92 Å². The highest BCUT2D eigenvalue weighted by molar-refractivity contribution is 5.94. The Balaban J connectivity index is 2.33. The summed E-state index contributed by atoms with van der Waals surface area (Å²) in [6.07, 6.45) is 2.81. The van der Waals surface area contributed by atoms with Crippen LogP contribution in [0.4, 0.5) is 0 Å². The Morgan fingerprint density at radius 1 is 1.10 bits per heavy atom. The van der Waals surface area contributed by atoms with Gasteiger partial charge in [0.25, 0.3) is 0 Å². The highest BCUT2D eigenvalue weighted by Crippen LogP contribution is 2.25. The van der Waals surface area contributed by atoms with E-state index in [1.807, 2.05) is 0 Å². The zero-order valence-corrected chi connectivity index (χ0v) is 11.9. The van der Waals surface area contributed by atoms with E-state index in [0.717, 1.165) is 12.8 Å². The maximum atomic E-state index is 11.7. The fourth-order valence-electron chi connectivity index (χ4n) is 2.33. The number of esters is 2. The summed E-state index contributed by atoms with van der Waals surface area (Å²) in [7, 11) is 2.63. The minimum Gasteiger partial charge on any atom is -0.469 e. The summed E-state index contributed by atoms with van der Waals surface area (Å²) in [6.45, 7) is 3.51. The van der Waals surface area contributed by atoms with Gasteiger partial charge in [-0.15, -0.1) is 0 Å². The minimum absolute atomic E-state index is 0.0360. The number of hydrogen-bond donors (Lipinski definition) is 1. The Labute approximate surface area is 118 Å². The third kappa shape index (κ3) is 4.68. The van der Waals surface area contributed by atoms with E-state index in [9.17, 15) is 14.4 Å². The predicted octanol–water partition coefficient (Wildman–Crippen LogP) is 0.954. The second-order valence-corrected chi connectivity index (χ2v) is 4.91. The smallest absolute Gasteiger partial charge is 0.333 e. The third-order valence-corrected chi connectivity index (χ3v) is 3.47. The molecule has 0 aromatic rings. The summed E-state index contributed by atoms with van der Waals surface area (Å²) in [4.78, 5) is 34.3. The molecule has 6 nitrogen and oxygen atoms in total. The van der Waals surface area contributed by atoms with Crippen LogP contribution in [0.3, 0.4) is 0 Å². The van der Waals surface area contributed by atoms with Gasteiger partial charge >= 0.3 is 11.9 Å². The van der Waals surface area contributed by atoms with Crippen molar-refractivity contribution in [3.05, 3.63) is 12.2 Å². The van der Waals surface area contributed by atoms with Crippen LogP contribution >= 0.6 is 0 Å². The fourth-order valence-corrected chi connectivity index (χ4v) is 2.33. The summed E-state index contributed by atoms with van der Waals surface area (Å²) in [5, 5.41) is 2.85. The first-order valence-corrected chi connectivity index (χ1v) is 6.61.